The largest absolute Gasteiger partial charge is 0.462 e. The van der Waals surface area contributed by atoms with Crippen LogP contribution >= 0.6 is 0 Å². The normalized spacial score (nSPS) is 50.5. The van der Waals surface area contributed by atoms with E-state index >= 15 is 0 Å². The van der Waals surface area contributed by atoms with Gasteiger partial charge in [-0.25, -0.2) is 0 Å². The lowest BCUT2D eigenvalue weighted by Crippen LogP contribution is -2.55. The lowest BCUT2D eigenvalue weighted by molar-refractivity contribution is -0.165. The van der Waals surface area contributed by atoms with E-state index in [0.29, 0.717) is 29.5 Å². The molecular weight excluding hydrogens is 324 g/mol. The number of fused-ring (bicyclic) bond motifs is 5. The maximum Gasteiger partial charge on any atom is 0.305 e. The first kappa shape index (κ1) is 18.5. The summed E-state index contributed by atoms with van der Waals surface area (Å²) in [6.07, 6.45) is 9.72. The van der Waals surface area contributed by atoms with Gasteiger partial charge in [-0.3, -0.25) is 9.59 Å². The number of ketones is 1. The molecule has 4 rings (SSSR count). The quantitative estimate of drug-likeness (QED) is 0.638. The molecule has 0 aromatic rings. The first-order chi connectivity index (χ1) is 12.3. The Labute approximate surface area is 158 Å². The molecule has 0 radical (unpaired) electrons. The molecule has 4 aliphatic carbocycles. The Kier molecular flexibility index (Phi) is 4.51. The zero-order valence-electron chi connectivity index (χ0n) is 17.1. The Morgan fingerprint density at radius 2 is 1.81 bits per heavy atom. The highest BCUT2D eigenvalue weighted by Gasteiger charge is 2.61. The van der Waals surface area contributed by atoms with Gasteiger partial charge in [0, 0.05) is 24.2 Å². The number of esters is 1. The average molecular weight is 361 g/mol. The summed E-state index contributed by atoms with van der Waals surface area (Å²) in [6, 6.07) is 0. The third-order valence-electron chi connectivity index (χ3n) is 9.28. The molecule has 4 saturated carbocycles. The van der Waals surface area contributed by atoms with Gasteiger partial charge in [-0.15, -0.1) is 0 Å². The van der Waals surface area contributed by atoms with Crippen LogP contribution in [0.1, 0.15) is 85.5 Å². The fraction of sp³-hybridized carbons (Fsp3) is 0.913. The van der Waals surface area contributed by atoms with Crippen LogP contribution in [0.25, 0.3) is 0 Å². The summed E-state index contributed by atoms with van der Waals surface area (Å²) in [5, 5.41) is 0. The second kappa shape index (κ2) is 6.34. The molecule has 0 heterocycles. The van der Waals surface area contributed by atoms with Crippen LogP contribution in [0.3, 0.4) is 0 Å². The predicted molar refractivity (Wildman–Crippen MR) is 101 cm³/mol. The molecule has 0 unspecified atom stereocenters. The van der Waals surface area contributed by atoms with Gasteiger partial charge in [-0.1, -0.05) is 27.7 Å². The minimum atomic E-state index is -0.0331. The summed E-state index contributed by atoms with van der Waals surface area (Å²) >= 11 is 0. The first-order valence-electron chi connectivity index (χ1n) is 11.0. The zero-order chi connectivity index (χ0) is 18.7. The maximum absolute atomic E-state index is 12.3. The number of hydrogen-bond donors (Lipinski definition) is 0. The molecule has 0 spiro atoms. The van der Waals surface area contributed by atoms with E-state index in [1.807, 2.05) is 6.92 Å². The second-order valence-corrected chi connectivity index (χ2v) is 10.4. The molecule has 0 amide bonds. The molecular formula is C23H36O3. The Balaban J connectivity index is 1.57. The number of hydrogen-bond acceptors (Lipinski definition) is 3. The summed E-state index contributed by atoms with van der Waals surface area (Å²) in [5.41, 5.74) is 0.515. The number of rotatable bonds is 2. The molecule has 0 bridgehead atoms. The average Bonchev–Trinajstić information content (AvgIpc) is 2.93. The minimum Gasteiger partial charge on any atom is -0.462 e. The molecule has 146 valence electrons. The van der Waals surface area contributed by atoms with Crippen molar-refractivity contribution in [2.45, 2.75) is 91.6 Å². The molecule has 26 heavy (non-hydrogen) atoms. The van der Waals surface area contributed by atoms with E-state index < -0.39 is 0 Å². The van der Waals surface area contributed by atoms with Crippen molar-refractivity contribution in [3.8, 4) is 0 Å². The van der Waals surface area contributed by atoms with Crippen LogP contribution in [0.2, 0.25) is 0 Å². The van der Waals surface area contributed by atoms with Crippen molar-refractivity contribution in [1.29, 1.82) is 0 Å². The molecule has 8 atom stereocenters. The molecule has 0 aromatic carbocycles. The van der Waals surface area contributed by atoms with Crippen molar-refractivity contribution in [3.63, 3.8) is 0 Å². The van der Waals surface area contributed by atoms with Crippen LogP contribution in [0.15, 0.2) is 0 Å². The fourth-order valence-corrected chi connectivity index (χ4v) is 7.79. The van der Waals surface area contributed by atoms with E-state index in [1.165, 1.54) is 32.1 Å². The number of ether oxygens (including phenoxy) is 1. The first-order valence-corrected chi connectivity index (χ1v) is 11.0. The summed E-state index contributed by atoms with van der Waals surface area (Å²) in [4.78, 5) is 24.2. The fourth-order valence-electron chi connectivity index (χ4n) is 7.79. The summed E-state index contributed by atoms with van der Waals surface area (Å²) < 4.78 is 5.89. The van der Waals surface area contributed by atoms with Gasteiger partial charge in [0.25, 0.3) is 0 Å². The van der Waals surface area contributed by atoms with Crippen molar-refractivity contribution in [3.05, 3.63) is 0 Å². The van der Waals surface area contributed by atoms with Gasteiger partial charge in [0.05, 0.1) is 0 Å². The van der Waals surface area contributed by atoms with Crippen molar-refractivity contribution < 1.29 is 14.3 Å². The van der Waals surface area contributed by atoms with Gasteiger partial charge < -0.3 is 4.74 Å². The van der Waals surface area contributed by atoms with Crippen LogP contribution in [-0.4, -0.2) is 17.9 Å². The van der Waals surface area contributed by atoms with Gasteiger partial charge in [0.1, 0.15) is 11.9 Å². The SMILES string of the molecule is CCC(=O)O[C@H]1CC[C@@H]2[C@@H]3CC[C@H]4CC(=O)[C@H](C)C[C@]4(C)[C@@H]3CC[C@@]12C. The van der Waals surface area contributed by atoms with Crippen LogP contribution in [-0.2, 0) is 14.3 Å². The van der Waals surface area contributed by atoms with Gasteiger partial charge in [-0.2, -0.15) is 0 Å². The van der Waals surface area contributed by atoms with Crippen LogP contribution in [0, 0.1) is 40.4 Å². The third-order valence-corrected chi connectivity index (χ3v) is 9.28. The monoisotopic (exact) mass is 360 g/mol. The smallest absolute Gasteiger partial charge is 0.305 e. The lowest BCUT2D eigenvalue weighted by Gasteiger charge is -2.60. The van der Waals surface area contributed by atoms with E-state index in [2.05, 4.69) is 20.8 Å². The molecule has 0 saturated heterocycles. The van der Waals surface area contributed by atoms with Crippen molar-refractivity contribution in [2.75, 3.05) is 0 Å². The summed E-state index contributed by atoms with van der Waals surface area (Å²) in [5.74, 6) is 3.53. The molecule has 0 aliphatic heterocycles. The Bertz CT molecular complexity index is 598. The van der Waals surface area contributed by atoms with Crippen LogP contribution < -0.4 is 0 Å². The number of carbonyl (C=O) groups is 2. The predicted octanol–water partition coefficient (Wildman–Crippen LogP) is 5.17. The number of Topliss-reactive ketones (excluding diaryl/α,β-unsaturated/α-hetero) is 1. The molecule has 4 fully saturated rings. The van der Waals surface area contributed by atoms with Gasteiger partial charge in [0.2, 0.25) is 0 Å². The molecule has 0 aromatic heterocycles. The lowest BCUT2D eigenvalue weighted by atomic mass is 9.44. The van der Waals surface area contributed by atoms with E-state index in [4.69, 9.17) is 4.74 Å². The number of carbonyl (C=O) groups excluding carboxylic acids is 2. The zero-order valence-corrected chi connectivity index (χ0v) is 17.1. The van der Waals surface area contributed by atoms with Crippen LogP contribution in [0.5, 0.6) is 0 Å². The van der Waals surface area contributed by atoms with Crippen molar-refractivity contribution >= 4 is 11.8 Å². The van der Waals surface area contributed by atoms with Gasteiger partial charge in [-0.05, 0) is 74.0 Å². The summed E-state index contributed by atoms with van der Waals surface area (Å²) in [6.45, 7) is 8.94. The Morgan fingerprint density at radius 3 is 2.54 bits per heavy atom. The maximum atomic E-state index is 12.3. The van der Waals surface area contributed by atoms with E-state index in [0.717, 1.165) is 31.1 Å². The van der Waals surface area contributed by atoms with E-state index in [9.17, 15) is 9.59 Å². The Morgan fingerprint density at radius 1 is 1.08 bits per heavy atom. The third kappa shape index (κ3) is 2.59. The van der Waals surface area contributed by atoms with Crippen LogP contribution in [0.4, 0.5) is 0 Å². The molecule has 4 aliphatic rings. The summed E-state index contributed by atoms with van der Waals surface area (Å²) in [7, 11) is 0. The van der Waals surface area contributed by atoms with E-state index in [1.54, 1.807) is 0 Å². The van der Waals surface area contributed by atoms with Gasteiger partial charge >= 0.3 is 5.97 Å². The van der Waals surface area contributed by atoms with Crippen molar-refractivity contribution in [1.82, 2.24) is 0 Å². The topological polar surface area (TPSA) is 43.4 Å². The highest BCUT2D eigenvalue weighted by atomic mass is 16.5. The highest BCUT2D eigenvalue weighted by molar-refractivity contribution is 5.82. The second-order valence-electron chi connectivity index (χ2n) is 10.4. The van der Waals surface area contributed by atoms with E-state index in [-0.39, 0.29) is 23.4 Å². The standard InChI is InChI=1S/C23H36O3/c1-5-21(25)26-20-9-8-17-16-7-6-15-12-19(24)14(2)13-23(15,4)18(16)10-11-22(17,20)3/h14-18,20H,5-13H2,1-4H3/t14-,15+,16+,17-,18-,20+,22-,23+/m1/s1. The molecule has 0 N–H and O–H groups in total. The van der Waals surface area contributed by atoms with Gasteiger partial charge in [0.15, 0.2) is 0 Å². The molecule has 3 heteroatoms. The Hall–Kier alpha value is -0.860. The minimum absolute atomic E-state index is 0.0331. The highest BCUT2D eigenvalue weighted by Crippen LogP contribution is 2.66. The van der Waals surface area contributed by atoms with Crippen molar-refractivity contribution in [2.24, 2.45) is 40.4 Å². The molecule has 3 nitrogen and oxygen atoms in total.